The molecule has 1 aliphatic rings. The van der Waals surface area contributed by atoms with Crippen LogP contribution < -0.4 is 15.4 Å². The van der Waals surface area contributed by atoms with E-state index in [0.29, 0.717) is 24.4 Å². The zero-order chi connectivity index (χ0) is 21.3. The summed E-state index contributed by atoms with van der Waals surface area (Å²) in [6, 6.07) is 16.0. The van der Waals surface area contributed by atoms with Gasteiger partial charge in [0, 0.05) is 25.6 Å². The van der Waals surface area contributed by atoms with Crippen molar-refractivity contribution >= 4 is 17.5 Å². The Labute approximate surface area is 178 Å². The Morgan fingerprint density at radius 3 is 2.50 bits per heavy atom. The first-order valence-electron chi connectivity index (χ1n) is 10.5. The van der Waals surface area contributed by atoms with Gasteiger partial charge in [-0.1, -0.05) is 36.4 Å². The molecule has 2 aromatic carbocycles. The Balaban J connectivity index is 1.38. The van der Waals surface area contributed by atoms with Gasteiger partial charge in [-0.3, -0.25) is 14.5 Å². The molecule has 1 heterocycles. The summed E-state index contributed by atoms with van der Waals surface area (Å²) in [6.45, 7) is 3.91. The van der Waals surface area contributed by atoms with E-state index in [4.69, 9.17) is 4.74 Å². The highest BCUT2D eigenvalue weighted by molar-refractivity contribution is 5.93. The summed E-state index contributed by atoms with van der Waals surface area (Å²) in [5.41, 5.74) is 2.94. The molecule has 30 heavy (non-hydrogen) atoms. The number of methoxy groups -OCH3 is 1. The van der Waals surface area contributed by atoms with Crippen LogP contribution in [0, 0.1) is 6.92 Å². The standard InChI is InChI=1S/C24H31N3O3/c1-18-8-10-22(30-2)21(16-18)26-24(29)17-27-14-12-20(13-15-27)25-23(28)11-9-19-6-4-3-5-7-19/h3-8,10,16,20H,9,11-15,17H2,1-2H3,(H,25,28)(H,26,29). The average molecular weight is 410 g/mol. The summed E-state index contributed by atoms with van der Waals surface area (Å²) in [7, 11) is 1.60. The van der Waals surface area contributed by atoms with Crippen LogP contribution in [0.2, 0.25) is 0 Å². The summed E-state index contributed by atoms with van der Waals surface area (Å²) < 4.78 is 5.32. The highest BCUT2D eigenvalue weighted by atomic mass is 16.5. The molecule has 0 unspecified atom stereocenters. The van der Waals surface area contributed by atoms with E-state index in [1.165, 1.54) is 5.56 Å². The van der Waals surface area contributed by atoms with Gasteiger partial charge in [0.25, 0.3) is 0 Å². The van der Waals surface area contributed by atoms with E-state index in [1.54, 1.807) is 7.11 Å². The molecule has 2 amide bonds. The largest absolute Gasteiger partial charge is 0.495 e. The third-order valence-corrected chi connectivity index (χ3v) is 5.43. The number of aryl methyl sites for hydroxylation is 2. The van der Waals surface area contributed by atoms with E-state index in [0.717, 1.165) is 37.9 Å². The number of hydrogen-bond acceptors (Lipinski definition) is 4. The number of piperidine rings is 1. The van der Waals surface area contributed by atoms with Gasteiger partial charge in [-0.05, 0) is 49.4 Å². The normalized spacial score (nSPS) is 14.9. The van der Waals surface area contributed by atoms with Crippen LogP contribution in [0.25, 0.3) is 0 Å². The van der Waals surface area contributed by atoms with Gasteiger partial charge in [0.2, 0.25) is 11.8 Å². The SMILES string of the molecule is COc1ccc(C)cc1NC(=O)CN1CCC(NC(=O)CCc2ccccc2)CC1. The smallest absolute Gasteiger partial charge is 0.238 e. The second-order valence-corrected chi connectivity index (χ2v) is 7.86. The Bertz CT molecular complexity index is 846. The molecule has 6 nitrogen and oxygen atoms in total. The summed E-state index contributed by atoms with van der Waals surface area (Å²) in [5.74, 6) is 0.705. The average Bonchev–Trinajstić information content (AvgIpc) is 2.74. The number of amides is 2. The Hall–Kier alpha value is -2.86. The van der Waals surface area contributed by atoms with Crippen molar-refractivity contribution in [3.8, 4) is 5.75 Å². The zero-order valence-electron chi connectivity index (χ0n) is 17.8. The second-order valence-electron chi connectivity index (χ2n) is 7.86. The lowest BCUT2D eigenvalue weighted by Gasteiger charge is -2.32. The van der Waals surface area contributed by atoms with Crippen LogP contribution in [0.5, 0.6) is 5.75 Å². The quantitative estimate of drug-likeness (QED) is 0.703. The van der Waals surface area contributed by atoms with Gasteiger partial charge in [0.15, 0.2) is 0 Å². The monoisotopic (exact) mass is 409 g/mol. The molecule has 160 valence electrons. The molecule has 2 N–H and O–H groups in total. The lowest BCUT2D eigenvalue weighted by Crippen LogP contribution is -2.46. The Morgan fingerprint density at radius 1 is 1.07 bits per heavy atom. The molecule has 0 bridgehead atoms. The van der Waals surface area contributed by atoms with Crippen LogP contribution in [-0.2, 0) is 16.0 Å². The van der Waals surface area contributed by atoms with E-state index >= 15 is 0 Å². The molecule has 1 fully saturated rings. The van der Waals surface area contributed by atoms with E-state index in [9.17, 15) is 9.59 Å². The van der Waals surface area contributed by atoms with E-state index in [-0.39, 0.29) is 17.9 Å². The van der Waals surface area contributed by atoms with Gasteiger partial charge in [0.1, 0.15) is 5.75 Å². The fourth-order valence-corrected chi connectivity index (χ4v) is 3.75. The van der Waals surface area contributed by atoms with Crippen LogP contribution in [0.15, 0.2) is 48.5 Å². The number of nitrogens with zero attached hydrogens (tertiary/aromatic N) is 1. The van der Waals surface area contributed by atoms with Crippen molar-refractivity contribution in [3.63, 3.8) is 0 Å². The van der Waals surface area contributed by atoms with Crippen molar-refractivity contribution < 1.29 is 14.3 Å². The summed E-state index contributed by atoms with van der Waals surface area (Å²) >= 11 is 0. The van der Waals surface area contributed by atoms with Crippen molar-refractivity contribution in [3.05, 3.63) is 59.7 Å². The Kier molecular flexibility index (Phi) is 7.85. The van der Waals surface area contributed by atoms with E-state index in [2.05, 4.69) is 15.5 Å². The molecule has 2 aromatic rings. The maximum atomic E-state index is 12.5. The van der Waals surface area contributed by atoms with Gasteiger partial charge >= 0.3 is 0 Å². The Morgan fingerprint density at radius 2 is 1.80 bits per heavy atom. The number of nitrogens with one attached hydrogen (secondary N) is 2. The molecule has 0 atom stereocenters. The fourth-order valence-electron chi connectivity index (χ4n) is 3.75. The summed E-state index contributed by atoms with van der Waals surface area (Å²) in [5, 5.41) is 6.09. The molecule has 0 spiro atoms. The van der Waals surface area contributed by atoms with Gasteiger partial charge in [-0.25, -0.2) is 0 Å². The maximum Gasteiger partial charge on any atom is 0.238 e. The molecule has 6 heteroatoms. The highest BCUT2D eigenvalue weighted by Crippen LogP contribution is 2.25. The molecule has 0 aliphatic carbocycles. The topological polar surface area (TPSA) is 70.7 Å². The number of benzene rings is 2. The number of ether oxygens (including phenoxy) is 1. The molecular formula is C24H31N3O3. The maximum absolute atomic E-state index is 12.5. The van der Waals surface area contributed by atoms with Crippen molar-refractivity contribution in [1.82, 2.24) is 10.2 Å². The molecule has 0 aromatic heterocycles. The molecule has 0 radical (unpaired) electrons. The number of hydrogen-bond donors (Lipinski definition) is 2. The minimum Gasteiger partial charge on any atom is -0.495 e. The van der Waals surface area contributed by atoms with Gasteiger partial charge in [-0.15, -0.1) is 0 Å². The number of anilines is 1. The van der Waals surface area contributed by atoms with Crippen LogP contribution in [0.3, 0.4) is 0 Å². The van der Waals surface area contributed by atoms with Crippen LogP contribution >= 0.6 is 0 Å². The number of rotatable bonds is 8. The third-order valence-electron chi connectivity index (χ3n) is 5.43. The zero-order valence-corrected chi connectivity index (χ0v) is 17.8. The molecule has 1 saturated heterocycles. The van der Waals surface area contributed by atoms with Crippen molar-refractivity contribution in [2.45, 2.75) is 38.6 Å². The molecule has 0 saturated carbocycles. The lowest BCUT2D eigenvalue weighted by molar-refractivity contribution is -0.122. The minimum atomic E-state index is -0.0516. The van der Waals surface area contributed by atoms with E-state index in [1.807, 2.05) is 55.5 Å². The van der Waals surface area contributed by atoms with Gasteiger partial charge < -0.3 is 15.4 Å². The predicted octanol–water partition coefficient (Wildman–Crippen LogP) is 3.16. The van der Waals surface area contributed by atoms with Crippen LogP contribution in [0.4, 0.5) is 5.69 Å². The number of carbonyl (C=O) groups excluding carboxylic acids is 2. The van der Waals surface area contributed by atoms with Gasteiger partial charge in [0.05, 0.1) is 19.3 Å². The summed E-state index contributed by atoms with van der Waals surface area (Å²) in [6.07, 6.45) is 2.98. The first kappa shape index (κ1) is 21.8. The number of carbonyl (C=O) groups is 2. The van der Waals surface area contributed by atoms with Gasteiger partial charge in [-0.2, -0.15) is 0 Å². The van der Waals surface area contributed by atoms with Crippen molar-refractivity contribution in [1.29, 1.82) is 0 Å². The second kappa shape index (κ2) is 10.8. The fraction of sp³-hybridized carbons (Fsp3) is 0.417. The first-order valence-corrected chi connectivity index (χ1v) is 10.5. The molecule has 1 aliphatic heterocycles. The molecule has 3 rings (SSSR count). The van der Waals surface area contributed by atoms with Crippen LogP contribution in [0.1, 0.15) is 30.4 Å². The molecular weight excluding hydrogens is 378 g/mol. The minimum absolute atomic E-state index is 0.0516. The lowest BCUT2D eigenvalue weighted by atomic mass is 10.0. The third kappa shape index (κ3) is 6.59. The predicted molar refractivity (Wildman–Crippen MR) is 119 cm³/mol. The number of likely N-dealkylation sites (tertiary alicyclic amines) is 1. The van der Waals surface area contributed by atoms with Crippen molar-refractivity contribution in [2.24, 2.45) is 0 Å². The van der Waals surface area contributed by atoms with E-state index < -0.39 is 0 Å². The summed E-state index contributed by atoms with van der Waals surface area (Å²) in [4.78, 5) is 26.8. The van der Waals surface area contributed by atoms with Crippen molar-refractivity contribution in [2.75, 3.05) is 32.1 Å². The van der Waals surface area contributed by atoms with Crippen LogP contribution in [-0.4, -0.2) is 49.5 Å². The highest BCUT2D eigenvalue weighted by Gasteiger charge is 2.22. The first-order chi connectivity index (χ1) is 14.5.